The molecule has 2 N–H and O–H groups in total. The number of rotatable bonds is 2. The molecule has 3 nitrogen and oxygen atoms in total. The second kappa shape index (κ2) is 4.76. The highest BCUT2D eigenvalue weighted by Gasteiger charge is 2.10. The van der Waals surface area contributed by atoms with Gasteiger partial charge in [0, 0.05) is 24.5 Å². The van der Waals surface area contributed by atoms with Crippen molar-refractivity contribution in [1.29, 1.82) is 0 Å². The standard InChI is InChI=1S/C17H19N3/c1-11-6-12(2)17(13(3)7-11)15-10-20-9-14(8-18)4-5-16(20)19-15/h4-7,9-10H,8,18H2,1-3H3. The molecule has 20 heavy (non-hydrogen) atoms. The first-order valence-corrected chi connectivity index (χ1v) is 6.84. The molecule has 0 atom stereocenters. The molecule has 3 rings (SSSR count). The first-order valence-electron chi connectivity index (χ1n) is 6.84. The quantitative estimate of drug-likeness (QED) is 0.772. The average Bonchev–Trinajstić information content (AvgIpc) is 2.79. The maximum atomic E-state index is 5.69. The first-order chi connectivity index (χ1) is 9.58. The minimum absolute atomic E-state index is 0.548. The fourth-order valence-electron chi connectivity index (χ4n) is 2.86. The van der Waals surface area contributed by atoms with E-state index in [1.807, 2.05) is 18.3 Å². The van der Waals surface area contributed by atoms with E-state index in [1.54, 1.807) is 0 Å². The summed E-state index contributed by atoms with van der Waals surface area (Å²) in [6.45, 7) is 6.96. The van der Waals surface area contributed by atoms with Crippen molar-refractivity contribution in [1.82, 2.24) is 9.38 Å². The number of benzene rings is 1. The van der Waals surface area contributed by atoms with E-state index in [2.05, 4.69) is 43.5 Å². The van der Waals surface area contributed by atoms with Gasteiger partial charge in [0.2, 0.25) is 0 Å². The summed E-state index contributed by atoms with van der Waals surface area (Å²) in [5, 5.41) is 0. The average molecular weight is 265 g/mol. The van der Waals surface area contributed by atoms with E-state index < -0.39 is 0 Å². The lowest BCUT2D eigenvalue weighted by atomic mass is 9.98. The van der Waals surface area contributed by atoms with Crippen molar-refractivity contribution >= 4 is 5.65 Å². The van der Waals surface area contributed by atoms with Crippen molar-refractivity contribution in [2.75, 3.05) is 0 Å². The van der Waals surface area contributed by atoms with Crippen LogP contribution in [0.15, 0.2) is 36.7 Å². The van der Waals surface area contributed by atoms with E-state index in [9.17, 15) is 0 Å². The molecule has 102 valence electrons. The van der Waals surface area contributed by atoms with E-state index in [0.717, 1.165) is 16.9 Å². The van der Waals surface area contributed by atoms with Crippen molar-refractivity contribution in [3.63, 3.8) is 0 Å². The predicted molar refractivity (Wildman–Crippen MR) is 82.7 cm³/mol. The van der Waals surface area contributed by atoms with Crippen LogP contribution in [-0.2, 0) is 6.54 Å². The third-order valence-electron chi connectivity index (χ3n) is 3.68. The van der Waals surface area contributed by atoms with E-state index in [4.69, 9.17) is 10.7 Å². The fourth-order valence-corrected chi connectivity index (χ4v) is 2.86. The van der Waals surface area contributed by atoms with Crippen LogP contribution in [0.4, 0.5) is 0 Å². The molecule has 0 amide bonds. The molecular weight excluding hydrogens is 246 g/mol. The van der Waals surface area contributed by atoms with Crippen molar-refractivity contribution < 1.29 is 0 Å². The summed E-state index contributed by atoms with van der Waals surface area (Å²) >= 11 is 0. The smallest absolute Gasteiger partial charge is 0.137 e. The number of aromatic nitrogens is 2. The molecule has 0 saturated carbocycles. The summed E-state index contributed by atoms with van der Waals surface area (Å²) in [6, 6.07) is 8.46. The van der Waals surface area contributed by atoms with Gasteiger partial charge in [-0.1, -0.05) is 23.8 Å². The van der Waals surface area contributed by atoms with Gasteiger partial charge < -0.3 is 10.1 Å². The number of hydrogen-bond acceptors (Lipinski definition) is 2. The Kier molecular flexibility index (Phi) is 3.07. The van der Waals surface area contributed by atoms with Gasteiger partial charge in [-0.25, -0.2) is 4.98 Å². The third kappa shape index (κ3) is 2.10. The van der Waals surface area contributed by atoms with Gasteiger partial charge >= 0.3 is 0 Å². The summed E-state index contributed by atoms with van der Waals surface area (Å²) in [6.07, 6.45) is 4.13. The van der Waals surface area contributed by atoms with Crippen molar-refractivity contribution in [3.8, 4) is 11.3 Å². The number of nitrogens with zero attached hydrogens (tertiary/aromatic N) is 2. The van der Waals surface area contributed by atoms with Crippen LogP contribution in [0.25, 0.3) is 16.9 Å². The molecule has 0 aliphatic heterocycles. The van der Waals surface area contributed by atoms with Crippen molar-refractivity contribution in [2.24, 2.45) is 5.73 Å². The van der Waals surface area contributed by atoms with Gasteiger partial charge in [-0.05, 0) is 43.5 Å². The van der Waals surface area contributed by atoms with Crippen LogP contribution in [-0.4, -0.2) is 9.38 Å². The van der Waals surface area contributed by atoms with Crippen LogP contribution in [0.5, 0.6) is 0 Å². The summed E-state index contributed by atoms with van der Waals surface area (Å²) in [7, 11) is 0. The highest BCUT2D eigenvalue weighted by atomic mass is 15.0. The van der Waals surface area contributed by atoms with Gasteiger partial charge in [-0.3, -0.25) is 0 Å². The van der Waals surface area contributed by atoms with Gasteiger partial charge in [0.15, 0.2) is 0 Å². The van der Waals surface area contributed by atoms with Gasteiger partial charge in [-0.2, -0.15) is 0 Å². The maximum absolute atomic E-state index is 5.69. The minimum atomic E-state index is 0.548. The van der Waals surface area contributed by atoms with Crippen molar-refractivity contribution in [3.05, 3.63) is 58.9 Å². The molecule has 3 aromatic rings. The molecule has 0 aliphatic carbocycles. The van der Waals surface area contributed by atoms with E-state index in [0.29, 0.717) is 6.54 Å². The van der Waals surface area contributed by atoms with Crippen LogP contribution >= 0.6 is 0 Å². The van der Waals surface area contributed by atoms with Crippen LogP contribution in [0.1, 0.15) is 22.3 Å². The Hall–Kier alpha value is -2.13. The third-order valence-corrected chi connectivity index (χ3v) is 3.68. The zero-order valence-corrected chi connectivity index (χ0v) is 12.1. The zero-order chi connectivity index (χ0) is 14.3. The summed E-state index contributed by atoms with van der Waals surface area (Å²) in [4.78, 5) is 4.73. The molecular formula is C17H19N3. The lowest BCUT2D eigenvalue weighted by Crippen LogP contribution is -1.97. The van der Waals surface area contributed by atoms with E-state index in [1.165, 1.54) is 22.3 Å². The Morgan fingerprint density at radius 3 is 2.40 bits per heavy atom. The summed E-state index contributed by atoms with van der Waals surface area (Å²) in [5.41, 5.74) is 13.8. The molecule has 0 spiro atoms. The van der Waals surface area contributed by atoms with Gasteiger partial charge in [0.05, 0.1) is 5.69 Å². The SMILES string of the molecule is Cc1cc(C)c(-c2cn3cc(CN)ccc3n2)c(C)c1. The highest BCUT2D eigenvalue weighted by molar-refractivity contribution is 5.70. The van der Waals surface area contributed by atoms with E-state index in [-0.39, 0.29) is 0 Å². The first kappa shape index (κ1) is 12.9. The second-order valence-corrected chi connectivity index (χ2v) is 5.41. The normalized spacial score (nSPS) is 11.2. The van der Waals surface area contributed by atoms with E-state index >= 15 is 0 Å². The molecule has 0 radical (unpaired) electrons. The van der Waals surface area contributed by atoms with Crippen molar-refractivity contribution in [2.45, 2.75) is 27.3 Å². The number of aryl methyl sites for hydroxylation is 3. The van der Waals surface area contributed by atoms with Gasteiger partial charge in [-0.15, -0.1) is 0 Å². The summed E-state index contributed by atoms with van der Waals surface area (Å²) in [5.74, 6) is 0. The van der Waals surface area contributed by atoms with Crippen LogP contribution in [0, 0.1) is 20.8 Å². The second-order valence-electron chi connectivity index (χ2n) is 5.41. The number of hydrogen-bond donors (Lipinski definition) is 1. The molecule has 0 bridgehead atoms. The topological polar surface area (TPSA) is 43.3 Å². The minimum Gasteiger partial charge on any atom is -0.326 e. The molecule has 0 fully saturated rings. The zero-order valence-electron chi connectivity index (χ0n) is 12.1. The lowest BCUT2D eigenvalue weighted by molar-refractivity contribution is 1.03. The molecule has 2 aromatic heterocycles. The molecule has 0 unspecified atom stereocenters. The van der Waals surface area contributed by atoms with Crippen LogP contribution in [0.3, 0.4) is 0 Å². The number of imidazole rings is 1. The fraction of sp³-hybridized carbons (Fsp3) is 0.235. The maximum Gasteiger partial charge on any atom is 0.137 e. The molecule has 3 heteroatoms. The number of pyridine rings is 1. The predicted octanol–water partition coefficient (Wildman–Crippen LogP) is 3.39. The Labute approximate surface area is 119 Å². The lowest BCUT2D eigenvalue weighted by Gasteiger charge is -2.08. The summed E-state index contributed by atoms with van der Waals surface area (Å²) < 4.78 is 2.05. The van der Waals surface area contributed by atoms with Gasteiger partial charge in [0.25, 0.3) is 0 Å². The Bertz CT molecular complexity index is 761. The van der Waals surface area contributed by atoms with Gasteiger partial charge in [0.1, 0.15) is 5.65 Å². The Morgan fingerprint density at radius 1 is 1.05 bits per heavy atom. The molecule has 0 saturated heterocycles. The van der Waals surface area contributed by atoms with Crippen LogP contribution in [0.2, 0.25) is 0 Å². The number of nitrogens with two attached hydrogens (primary N) is 1. The van der Waals surface area contributed by atoms with Crippen LogP contribution < -0.4 is 5.73 Å². The number of fused-ring (bicyclic) bond motifs is 1. The largest absolute Gasteiger partial charge is 0.326 e. The molecule has 2 heterocycles. The monoisotopic (exact) mass is 265 g/mol. The molecule has 0 aliphatic rings. The highest BCUT2D eigenvalue weighted by Crippen LogP contribution is 2.28. The molecule has 1 aromatic carbocycles. The Morgan fingerprint density at radius 2 is 1.75 bits per heavy atom. The Balaban J connectivity index is 2.20.